The zero-order valence-electron chi connectivity index (χ0n) is 10.7. The van der Waals surface area contributed by atoms with Crippen LogP contribution < -0.4 is 11.1 Å². The van der Waals surface area contributed by atoms with Gasteiger partial charge in [0.1, 0.15) is 6.04 Å². The van der Waals surface area contributed by atoms with E-state index in [1.807, 2.05) is 0 Å². The number of carbonyl (C=O) groups is 3. The summed E-state index contributed by atoms with van der Waals surface area (Å²) in [6, 6.07) is 5.50. The number of aliphatic carboxylic acids is 1. The third kappa shape index (κ3) is 2.71. The second-order valence-corrected chi connectivity index (χ2v) is 4.49. The molecule has 20 heavy (non-hydrogen) atoms. The molecule has 2 rings (SSSR count). The van der Waals surface area contributed by atoms with E-state index in [1.54, 1.807) is 24.3 Å². The van der Waals surface area contributed by atoms with Crippen LogP contribution in [0.25, 0.3) is 0 Å². The van der Waals surface area contributed by atoms with E-state index in [9.17, 15) is 14.4 Å². The second-order valence-electron chi connectivity index (χ2n) is 4.49. The van der Waals surface area contributed by atoms with Crippen molar-refractivity contribution in [2.75, 3.05) is 18.8 Å². The number of carboxylic acids is 1. The Hall–Kier alpha value is -2.57. The number of nitrogen functional groups attached to an aromatic ring is 1. The van der Waals surface area contributed by atoms with Crippen molar-refractivity contribution in [1.82, 2.24) is 10.2 Å². The van der Waals surface area contributed by atoms with Gasteiger partial charge in [-0.25, -0.2) is 0 Å². The number of nitrogens with one attached hydrogen (secondary N) is 1. The molecule has 0 spiro atoms. The van der Waals surface area contributed by atoms with Crippen LogP contribution >= 0.6 is 0 Å². The van der Waals surface area contributed by atoms with Crippen LogP contribution in [-0.2, 0) is 9.59 Å². The third-order valence-electron chi connectivity index (χ3n) is 3.15. The van der Waals surface area contributed by atoms with E-state index in [1.165, 1.54) is 4.90 Å². The van der Waals surface area contributed by atoms with Crippen molar-refractivity contribution in [3.63, 3.8) is 0 Å². The van der Waals surface area contributed by atoms with E-state index in [-0.39, 0.29) is 12.1 Å². The molecule has 4 N–H and O–H groups in total. The van der Waals surface area contributed by atoms with Crippen LogP contribution in [0.3, 0.4) is 0 Å². The van der Waals surface area contributed by atoms with Gasteiger partial charge in [-0.15, -0.1) is 0 Å². The largest absolute Gasteiger partial charge is 0.481 e. The van der Waals surface area contributed by atoms with E-state index >= 15 is 0 Å². The predicted molar refractivity (Wildman–Crippen MR) is 70.9 cm³/mol. The molecule has 106 valence electrons. The molecule has 1 aromatic carbocycles. The summed E-state index contributed by atoms with van der Waals surface area (Å²) in [7, 11) is 0. The fourth-order valence-electron chi connectivity index (χ4n) is 2.17. The number of para-hydroxylation sites is 1. The lowest BCUT2D eigenvalue weighted by molar-refractivity contribution is -0.142. The molecule has 1 aliphatic heterocycles. The Kier molecular flexibility index (Phi) is 3.88. The first-order valence-corrected chi connectivity index (χ1v) is 6.15. The quantitative estimate of drug-likeness (QED) is 0.656. The van der Waals surface area contributed by atoms with Gasteiger partial charge in [0.25, 0.3) is 5.91 Å². The van der Waals surface area contributed by atoms with Gasteiger partial charge in [0.05, 0.1) is 12.0 Å². The fourth-order valence-corrected chi connectivity index (χ4v) is 2.17. The second kappa shape index (κ2) is 5.60. The standard InChI is InChI=1S/C13H15N3O4/c14-9-4-2-1-3-8(9)13(20)16-6-5-15-12(19)10(16)7-11(17)18/h1-4,10H,5-7,14H2,(H,15,19)(H,17,18). The number of piperazine rings is 1. The Bertz CT molecular complexity index is 558. The molecule has 0 saturated carbocycles. The van der Waals surface area contributed by atoms with Crippen LogP contribution in [0.1, 0.15) is 16.8 Å². The molecule has 1 saturated heterocycles. The molecule has 1 aliphatic rings. The van der Waals surface area contributed by atoms with Gasteiger partial charge < -0.3 is 21.1 Å². The van der Waals surface area contributed by atoms with Gasteiger partial charge >= 0.3 is 5.97 Å². The van der Waals surface area contributed by atoms with Crippen molar-refractivity contribution in [1.29, 1.82) is 0 Å². The maximum atomic E-state index is 12.4. The molecule has 0 radical (unpaired) electrons. The molecule has 7 nitrogen and oxygen atoms in total. The predicted octanol–water partition coefficient (Wildman–Crippen LogP) is -0.316. The number of benzene rings is 1. The summed E-state index contributed by atoms with van der Waals surface area (Å²) in [4.78, 5) is 36.3. The van der Waals surface area contributed by atoms with E-state index in [4.69, 9.17) is 10.8 Å². The van der Waals surface area contributed by atoms with Crippen LogP contribution in [0.4, 0.5) is 5.69 Å². The summed E-state index contributed by atoms with van der Waals surface area (Å²) in [5.41, 5.74) is 6.32. The lowest BCUT2D eigenvalue weighted by atomic mass is 10.1. The first-order chi connectivity index (χ1) is 9.50. The fraction of sp³-hybridized carbons (Fsp3) is 0.308. The van der Waals surface area contributed by atoms with Crippen LogP contribution in [0.2, 0.25) is 0 Å². The number of nitrogens with two attached hydrogens (primary N) is 1. The van der Waals surface area contributed by atoms with E-state index in [2.05, 4.69) is 5.32 Å². The van der Waals surface area contributed by atoms with Crippen molar-refractivity contribution in [2.24, 2.45) is 0 Å². The van der Waals surface area contributed by atoms with Crippen molar-refractivity contribution in [2.45, 2.75) is 12.5 Å². The number of anilines is 1. The highest BCUT2D eigenvalue weighted by Gasteiger charge is 2.35. The summed E-state index contributed by atoms with van der Waals surface area (Å²) < 4.78 is 0. The van der Waals surface area contributed by atoms with Gasteiger partial charge in [-0.05, 0) is 12.1 Å². The Morgan fingerprint density at radius 1 is 1.40 bits per heavy atom. The van der Waals surface area contributed by atoms with Crippen LogP contribution in [0.5, 0.6) is 0 Å². The number of rotatable bonds is 3. The average Bonchev–Trinajstić information content (AvgIpc) is 2.40. The lowest BCUT2D eigenvalue weighted by Gasteiger charge is -2.34. The summed E-state index contributed by atoms with van der Waals surface area (Å²) in [6.07, 6.45) is -0.426. The number of hydrogen-bond donors (Lipinski definition) is 3. The zero-order chi connectivity index (χ0) is 14.7. The summed E-state index contributed by atoms with van der Waals surface area (Å²) in [5, 5.41) is 11.4. The minimum Gasteiger partial charge on any atom is -0.481 e. The van der Waals surface area contributed by atoms with Crippen molar-refractivity contribution >= 4 is 23.5 Å². The zero-order valence-corrected chi connectivity index (χ0v) is 10.7. The molecule has 1 aromatic rings. The molecule has 0 aliphatic carbocycles. The molecule has 2 amide bonds. The monoisotopic (exact) mass is 277 g/mol. The molecule has 1 heterocycles. The van der Waals surface area contributed by atoms with Gasteiger partial charge in [-0.3, -0.25) is 14.4 Å². The summed E-state index contributed by atoms with van der Waals surface area (Å²) in [5.74, 6) is -2.02. The average molecular weight is 277 g/mol. The van der Waals surface area contributed by atoms with Crippen LogP contribution in [-0.4, -0.2) is 46.9 Å². The van der Waals surface area contributed by atoms with E-state index < -0.39 is 30.2 Å². The van der Waals surface area contributed by atoms with Crippen LogP contribution in [0, 0.1) is 0 Å². The molecule has 1 fully saturated rings. The Labute approximate surface area is 115 Å². The van der Waals surface area contributed by atoms with Crippen molar-refractivity contribution in [3.05, 3.63) is 29.8 Å². The van der Waals surface area contributed by atoms with Crippen LogP contribution in [0.15, 0.2) is 24.3 Å². The smallest absolute Gasteiger partial charge is 0.305 e. The van der Waals surface area contributed by atoms with E-state index in [0.717, 1.165) is 0 Å². The maximum absolute atomic E-state index is 12.4. The summed E-state index contributed by atoms with van der Waals surface area (Å²) >= 11 is 0. The highest BCUT2D eigenvalue weighted by atomic mass is 16.4. The molecule has 0 aromatic heterocycles. The molecule has 1 atom stereocenters. The SMILES string of the molecule is Nc1ccccc1C(=O)N1CCNC(=O)C1CC(=O)O. The van der Waals surface area contributed by atoms with Gasteiger partial charge in [-0.2, -0.15) is 0 Å². The first-order valence-electron chi connectivity index (χ1n) is 6.15. The first kappa shape index (κ1) is 13.9. The Morgan fingerprint density at radius 2 is 2.10 bits per heavy atom. The highest BCUT2D eigenvalue weighted by Crippen LogP contribution is 2.18. The van der Waals surface area contributed by atoms with E-state index in [0.29, 0.717) is 12.2 Å². The van der Waals surface area contributed by atoms with Gasteiger partial charge in [0.15, 0.2) is 0 Å². The number of amides is 2. The highest BCUT2D eigenvalue weighted by molar-refractivity contribution is 6.02. The Morgan fingerprint density at radius 3 is 2.75 bits per heavy atom. The topological polar surface area (TPSA) is 113 Å². The van der Waals surface area contributed by atoms with Crippen molar-refractivity contribution < 1.29 is 19.5 Å². The van der Waals surface area contributed by atoms with Gasteiger partial charge in [0, 0.05) is 18.8 Å². The lowest BCUT2D eigenvalue weighted by Crippen LogP contribution is -2.57. The molecular weight excluding hydrogens is 262 g/mol. The Balaban J connectivity index is 2.28. The molecule has 0 bridgehead atoms. The normalized spacial score (nSPS) is 18.5. The van der Waals surface area contributed by atoms with Crippen molar-refractivity contribution in [3.8, 4) is 0 Å². The third-order valence-corrected chi connectivity index (χ3v) is 3.15. The minimum atomic E-state index is -1.13. The maximum Gasteiger partial charge on any atom is 0.305 e. The minimum absolute atomic E-state index is 0.261. The number of carboxylic acid groups (broad SMARTS) is 1. The molecule has 7 heteroatoms. The van der Waals surface area contributed by atoms with Gasteiger partial charge in [-0.1, -0.05) is 12.1 Å². The van der Waals surface area contributed by atoms with Gasteiger partial charge in [0.2, 0.25) is 5.91 Å². The number of nitrogens with zero attached hydrogens (tertiary/aromatic N) is 1. The summed E-state index contributed by atoms with van der Waals surface area (Å²) in [6.45, 7) is 0.560. The number of hydrogen-bond acceptors (Lipinski definition) is 4. The number of carbonyl (C=O) groups excluding carboxylic acids is 2. The molecule has 1 unspecified atom stereocenters. The molecular formula is C13H15N3O4.